The van der Waals surface area contributed by atoms with Crippen molar-refractivity contribution in [1.29, 1.82) is 0 Å². The van der Waals surface area contributed by atoms with Gasteiger partial charge in [0.25, 0.3) is 0 Å². The first-order chi connectivity index (χ1) is 9.46. The lowest BCUT2D eigenvalue weighted by Gasteiger charge is -2.22. The molecule has 1 fully saturated rings. The maximum atomic E-state index is 11.6. The molecule has 0 bridgehead atoms. The fourth-order valence-electron chi connectivity index (χ4n) is 2.91. The molecule has 1 saturated heterocycles. The average Bonchev–Trinajstić information content (AvgIpc) is 2.91. The summed E-state index contributed by atoms with van der Waals surface area (Å²) in [6.45, 7) is 2.86. The Labute approximate surface area is 120 Å². The van der Waals surface area contributed by atoms with Crippen LogP contribution in [-0.4, -0.2) is 43.4 Å². The predicted molar refractivity (Wildman–Crippen MR) is 77.6 cm³/mol. The number of rotatable bonds is 6. The fraction of sp³-hybridized carbons (Fsp3) is 0.769. The number of aromatic nitrogens is 2. The van der Waals surface area contributed by atoms with E-state index in [1.807, 2.05) is 14.0 Å². The first-order valence-corrected chi connectivity index (χ1v) is 8.78. The van der Waals surface area contributed by atoms with Crippen LogP contribution in [-0.2, 0) is 16.9 Å². The summed E-state index contributed by atoms with van der Waals surface area (Å²) in [7, 11) is 0.679. The molecule has 0 saturated carbocycles. The fourth-order valence-corrected chi connectivity index (χ4v) is 4.79. The molecule has 1 aliphatic heterocycles. The van der Waals surface area contributed by atoms with E-state index in [9.17, 15) is 8.42 Å². The second-order valence-electron chi connectivity index (χ2n) is 5.34. The van der Waals surface area contributed by atoms with E-state index < -0.39 is 9.84 Å². The monoisotopic (exact) mass is 301 g/mol. The van der Waals surface area contributed by atoms with Crippen LogP contribution in [0.25, 0.3) is 0 Å². The first-order valence-electron chi connectivity index (χ1n) is 6.96. The van der Waals surface area contributed by atoms with Crippen molar-refractivity contribution in [3.8, 4) is 5.75 Å². The number of sulfone groups is 1. The minimum absolute atomic E-state index is 0.0701. The minimum Gasteiger partial charge on any atom is -0.493 e. The topological polar surface area (TPSA) is 73.2 Å². The molecular weight excluding hydrogens is 278 g/mol. The molecule has 2 unspecified atom stereocenters. The molecule has 1 aliphatic rings. The van der Waals surface area contributed by atoms with Crippen LogP contribution in [0.2, 0.25) is 0 Å². The molecular formula is C13H23N3O3S. The normalized spacial score (nSPS) is 22.9. The van der Waals surface area contributed by atoms with Crippen molar-refractivity contribution < 1.29 is 13.2 Å². The van der Waals surface area contributed by atoms with Gasteiger partial charge in [-0.05, 0) is 25.3 Å². The molecule has 7 heteroatoms. The van der Waals surface area contributed by atoms with E-state index in [0.29, 0.717) is 11.5 Å². The Morgan fingerprint density at radius 2 is 2.35 bits per heavy atom. The third-order valence-corrected chi connectivity index (χ3v) is 5.68. The highest BCUT2D eigenvalue weighted by atomic mass is 32.2. The van der Waals surface area contributed by atoms with Gasteiger partial charge in [0.15, 0.2) is 15.6 Å². The van der Waals surface area contributed by atoms with Gasteiger partial charge in [-0.25, -0.2) is 8.42 Å². The Morgan fingerprint density at radius 1 is 1.60 bits per heavy atom. The highest BCUT2D eigenvalue weighted by molar-refractivity contribution is 7.91. The van der Waals surface area contributed by atoms with Crippen LogP contribution in [0.5, 0.6) is 5.75 Å². The Kier molecular flexibility index (Phi) is 4.70. The summed E-state index contributed by atoms with van der Waals surface area (Å²) >= 11 is 0. The summed E-state index contributed by atoms with van der Waals surface area (Å²) in [6, 6.07) is 0.0701. The first kappa shape index (κ1) is 15.3. The van der Waals surface area contributed by atoms with Crippen molar-refractivity contribution >= 4 is 9.84 Å². The SMILES string of the molecule is CCNC(CC1CCS(=O)(=O)C1)c1c(OC)cnn1C. The van der Waals surface area contributed by atoms with E-state index in [0.717, 1.165) is 30.8 Å². The van der Waals surface area contributed by atoms with E-state index in [1.165, 1.54) is 0 Å². The molecule has 0 radical (unpaired) electrons. The molecule has 1 aromatic rings. The lowest BCUT2D eigenvalue weighted by molar-refractivity contribution is 0.368. The standard InChI is InChI=1S/C13H23N3O3S/c1-4-14-11(7-10-5-6-20(17,18)9-10)13-12(19-3)8-15-16(13)2/h8,10-11,14H,4-7,9H2,1-3H3. The van der Waals surface area contributed by atoms with Crippen LogP contribution in [0.4, 0.5) is 0 Å². The number of aryl methyl sites for hydroxylation is 1. The minimum atomic E-state index is -2.83. The van der Waals surface area contributed by atoms with Crippen LogP contribution in [0.3, 0.4) is 0 Å². The summed E-state index contributed by atoms with van der Waals surface area (Å²) in [4.78, 5) is 0. The molecule has 114 valence electrons. The van der Waals surface area contributed by atoms with Crippen molar-refractivity contribution in [2.75, 3.05) is 25.2 Å². The number of methoxy groups -OCH3 is 1. The van der Waals surface area contributed by atoms with E-state index >= 15 is 0 Å². The zero-order chi connectivity index (χ0) is 14.8. The quantitative estimate of drug-likeness (QED) is 0.845. The van der Waals surface area contributed by atoms with Gasteiger partial charge in [0.1, 0.15) is 0 Å². The molecule has 2 atom stereocenters. The van der Waals surface area contributed by atoms with E-state index in [1.54, 1.807) is 18.0 Å². The Balaban J connectivity index is 2.17. The Bertz CT molecular complexity index is 553. The van der Waals surface area contributed by atoms with Gasteiger partial charge < -0.3 is 10.1 Å². The van der Waals surface area contributed by atoms with Crippen LogP contribution >= 0.6 is 0 Å². The van der Waals surface area contributed by atoms with Gasteiger partial charge >= 0.3 is 0 Å². The molecule has 2 rings (SSSR count). The zero-order valence-corrected chi connectivity index (χ0v) is 13.1. The van der Waals surface area contributed by atoms with Gasteiger partial charge in [-0.2, -0.15) is 5.10 Å². The molecule has 1 N–H and O–H groups in total. The van der Waals surface area contributed by atoms with Gasteiger partial charge in [0.2, 0.25) is 0 Å². The van der Waals surface area contributed by atoms with Gasteiger partial charge in [-0.1, -0.05) is 6.92 Å². The third kappa shape index (κ3) is 3.32. The Morgan fingerprint density at radius 3 is 2.90 bits per heavy atom. The zero-order valence-electron chi connectivity index (χ0n) is 12.3. The molecule has 0 aromatic carbocycles. The summed E-state index contributed by atoms with van der Waals surface area (Å²) in [6.07, 6.45) is 3.25. The second kappa shape index (κ2) is 6.13. The number of hydrogen-bond acceptors (Lipinski definition) is 5. The highest BCUT2D eigenvalue weighted by Gasteiger charge is 2.31. The number of nitrogens with zero attached hydrogens (tertiary/aromatic N) is 2. The molecule has 1 aromatic heterocycles. The summed E-state index contributed by atoms with van der Waals surface area (Å²) < 4.78 is 30.3. The molecule has 6 nitrogen and oxygen atoms in total. The molecule has 20 heavy (non-hydrogen) atoms. The van der Waals surface area contributed by atoms with E-state index in [-0.39, 0.29) is 12.0 Å². The van der Waals surface area contributed by atoms with Crippen molar-refractivity contribution in [1.82, 2.24) is 15.1 Å². The third-order valence-electron chi connectivity index (χ3n) is 3.85. The smallest absolute Gasteiger partial charge is 0.161 e. The summed E-state index contributed by atoms with van der Waals surface area (Å²) in [5.74, 6) is 1.58. The molecule has 0 amide bonds. The molecule has 0 spiro atoms. The Hall–Kier alpha value is -1.08. The summed E-state index contributed by atoms with van der Waals surface area (Å²) in [5, 5.41) is 7.65. The summed E-state index contributed by atoms with van der Waals surface area (Å²) in [5.41, 5.74) is 0.985. The van der Waals surface area contributed by atoms with Gasteiger partial charge in [0.05, 0.1) is 36.5 Å². The van der Waals surface area contributed by atoms with Crippen molar-refractivity contribution in [2.45, 2.75) is 25.8 Å². The molecule has 0 aliphatic carbocycles. The van der Waals surface area contributed by atoms with Crippen LogP contribution in [0.15, 0.2) is 6.20 Å². The maximum Gasteiger partial charge on any atom is 0.161 e. The van der Waals surface area contributed by atoms with Gasteiger partial charge in [-0.15, -0.1) is 0 Å². The van der Waals surface area contributed by atoms with Gasteiger partial charge in [-0.3, -0.25) is 4.68 Å². The van der Waals surface area contributed by atoms with E-state index in [4.69, 9.17) is 4.74 Å². The van der Waals surface area contributed by atoms with Crippen LogP contribution < -0.4 is 10.1 Å². The highest BCUT2D eigenvalue weighted by Crippen LogP contribution is 2.32. The number of hydrogen-bond donors (Lipinski definition) is 1. The van der Waals surface area contributed by atoms with Gasteiger partial charge in [0, 0.05) is 7.05 Å². The second-order valence-corrected chi connectivity index (χ2v) is 7.57. The average molecular weight is 301 g/mol. The lowest BCUT2D eigenvalue weighted by Crippen LogP contribution is -2.26. The van der Waals surface area contributed by atoms with Crippen molar-refractivity contribution in [3.05, 3.63) is 11.9 Å². The van der Waals surface area contributed by atoms with Crippen LogP contribution in [0, 0.1) is 5.92 Å². The number of ether oxygens (including phenoxy) is 1. The van der Waals surface area contributed by atoms with Crippen LogP contribution in [0.1, 0.15) is 31.5 Å². The number of nitrogens with one attached hydrogen (secondary N) is 1. The lowest BCUT2D eigenvalue weighted by atomic mass is 9.97. The maximum absolute atomic E-state index is 11.6. The van der Waals surface area contributed by atoms with E-state index in [2.05, 4.69) is 10.4 Å². The predicted octanol–water partition coefficient (Wildman–Crippen LogP) is 0.904. The molecule has 2 heterocycles. The largest absolute Gasteiger partial charge is 0.493 e. The van der Waals surface area contributed by atoms with Crippen molar-refractivity contribution in [3.63, 3.8) is 0 Å². The van der Waals surface area contributed by atoms with Crippen molar-refractivity contribution in [2.24, 2.45) is 13.0 Å².